The molecule has 1 heterocycles. The lowest BCUT2D eigenvalue weighted by atomic mass is 10.1. The van der Waals surface area contributed by atoms with Gasteiger partial charge in [0.25, 0.3) is 0 Å². The Bertz CT molecular complexity index is 549. The van der Waals surface area contributed by atoms with Crippen molar-refractivity contribution in [3.8, 4) is 0 Å². The van der Waals surface area contributed by atoms with E-state index in [4.69, 9.17) is 0 Å². The second-order valence-electron chi connectivity index (χ2n) is 5.47. The molecule has 0 radical (unpaired) electrons. The van der Waals surface area contributed by atoms with Crippen LogP contribution >= 0.6 is 11.8 Å². The predicted molar refractivity (Wildman–Crippen MR) is 93.2 cm³/mol. The number of carbonyl (C=O) groups excluding carboxylic acids is 1. The highest BCUT2D eigenvalue weighted by atomic mass is 32.2. The molecule has 0 saturated carbocycles. The quantitative estimate of drug-likeness (QED) is 0.511. The van der Waals surface area contributed by atoms with Gasteiger partial charge in [0, 0.05) is 6.54 Å². The lowest BCUT2D eigenvalue weighted by Crippen LogP contribution is -2.26. The lowest BCUT2D eigenvalue weighted by molar-refractivity contribution is -0.118. The molecule has 0 spiro atoms. The zero-order chi connectivity index (χ0) is 15.6. The lowest BCUT2D eigenvalue weighted by Gasteiger charge is -2.04. The van der Waals surface area contributed by atoms with Gasteiger partial charge in [0.05, 0.1) is 16.8 Å². The minimum Gasteiger partial charge on any atom is -0.355 e. The molecule has 1 aromatic heterocycles. The van der Waals surface area contributed by atoms with Crippen molar-refractivity contribution in [1.82, 2.24) is 15.3 Å². The van der Waals surface area contributed by atoms with Gasteiger partial charge in [-0.1, -0.05) is 62.9 Å². The zero-order valence-electron chi connectivity index (χ0n) is 13.2. The number of amides is 1. The molecule has 1 aromatic carbocycles. The Morgan fingerprint density at radius 1 is 1.18 bits per heavy atom. The number of para-hydroxylation sites is 2. The van der Waals surface area contributed by atoms with Gasteiger partial charge in [-0.25, -0.2) is 4.98 Å². The van der Waals surface area contributed by atoms with Crippen LogP contribution in [0.1, 0.15) is 45.4 Å². The summed E-state index contributed by atoms with van der Waals surface area (Å²) >= 11 is 1.45. The van der Waals surface area contributed by atoms with Crippen molar-refractivity contribution in [1.29, 1.82) is 0 Å². The topological polar surface area (TPSA) is 57.8 Å². The second kappa shape index (κ2) is 9.51. The van der Waals surface area contributed by atoms with E-state index in [-0.39, 0.29) is 5.91 Å². The minimum atomic E-state index is 0.0824. The highest BCUT2D eigenvalue weighted by Gasteiger charge is 2.06. The van der Waals surface area contributed by atoms with Gasteiger partial charge < -0.3 is 10.3 Å². The predicted octanol–water partition coefficient (Wildman–Crippen LogP) is 4.13. The van der Waals surface area contributed by atoms with Crippen LogP contribution in [0, 0.1) is 0 Å². The van der Waals surface area contributed by atoms with Gasteiger partial charge in [0.1, 0.15) is 0 Å². The van der Waals surface area contributed by atoms with Crippen molar-refractivity contribution in [3.05, 3.63) is 24.3 Å². The van der Waals surface area contributed by atoms with Crippen molar-refractivity contribution in [2.24, 2.45) is 0 Å². The Balaban J connectivity index is 1.59. The smallest absolute Gasteiger partial charge is 0.230 e. The molecule has 120 valence electrons. The molecule has 2 rings (SSSR count). The van der Waals surface area contributed by atoms with Gasteiger partial charge in [0.15, 0.2) is 5.16 Å². The Labute approximate surface area is 136 Å². The second-order valence-corrected chi connectivity index (χ2v) is 6.43. The van der Waals surface area contributed by atoms with Crippen LogP contribution in [-0.2, 0) is 4.79 Å². The number of unbranched alkanes of at least 4 members (excludes halogenated alkanes) is 5. The maximum absolute atomic E-state index is 11.8. The standard InChI is InChI=1S/C17H25N3OS/c1-2-3-4-5-6-9-12-18-16(21)13-22-17-19-14-10-7-8-11-15(14)20-17/h7-8,10-11H,2-6,9,12-13H2,1H3,(H,18,21)(H,19,20). The number of thioether (sulfide) groups is 1. The van der Waals surface area contributed by atoms with Crippen LogP contribution in [-0.4, -0.2) is 28.2 Å². The summed E-state index contributed by atoms with van der Waals surface area (Å²) in [4.78, 5) is 19.5. The summed E-state index contributed by atoms with van der Waals surface area (Å²) in [7, 11) is 0. The molecule has 0 aliphatic heterocycles. The van der Waals surface area contributed by atoms with Crippen LogP contribution in [0.4, 0.5) is 0 Å². The van der Waals surface area contributed by atoms with E-state index < -0.39 is 0 Å². The summed E-state index contributed by atoms with van der Waals surface area (Å²) in [6.45, 7) is 3.01. The Hall–Kier alpha value is -1.49. The number of carbonyl (C=O) groups is 1. The summed E-state index contributed by atoms with van der Waals surface area (Å²) in [6.07, 6.45) is 7.46. The first-order chi connectivity index (χ1) is 10.8. The molecule has 5 heteroatoms. The van der Waals surface area contributed by atoms with Crippen molar-refractivity contribution in [2.45, 2.75) is 50.6 Å². The molecule has 0 bridgehead atoms. The molecule has 2 aromatic rings. The number of nitrogens with zero attached hydrogens (tertiary/aromatic N) is 1. The Morgan fingerprint density at radius 3 is 2.77 bits per heavy atom. The molecule has 0 fully saturated rings. The zero-order valence-corrected chi connectivity index (χ0v) is 14.0. The van der Waals surface area contributed by atoms with E-state index in [0.29, 0.717) is 5.75 Å². The van der Waals surface area contributed by atoms with Gasteiger partial charge in [-0.15, -0.1) is 0 Å². The van der Waals surface area contributed by atoms with Crippen molar-refractivity contribution in [3.63, 3.8) is 0 Å². The SMILES string of the molecule is CCCCCCCCNC(=O)CSc1nc2ccccc2[nH]1. The number of H-pyrrole nitrogens is 1. The number of nitrogens with one attached hydrogen (secondary N) is 2. The van der Waals surface area contributed by atoms with Gasteiger partial charge >= 0.3 is 0 Å². The number of hydrogen-bond donors (Lipinski definition) is 2. The van der Waals surface area contributed by atoms with Gasteiger partial charge in [0.2, 0.25) is 5.91 Å². The van der Waals surface area contributed by atoms with Crippen LogP contribution in [0.3, 0.4) is 0 Å². The number of aromatic nitrogens is 2. The molecular formula is C17H25N3OS. The van der Waals surface area contributed by atoms with Gasteiger partial charge in [-0.2, -0.15) is 0 Å². The number of hydrogen-bond acceptors (Lipinski definition) is 3. The van der Waals surface area contributed by atoms with Crippen LogP contribution in [0.5, 0.6) is 0 Å². The fraction of sp³-hybridized carbons (Fsp3) is 0.529. The van der Waals surface area contributed by atoms with E-state index >= 15 is 0 Å². The monoisotopic (exact) mass is 319 g/mol. The fourth-order valence-electron chi connectivity index (χ4n) is 2.32. The van der Waals surface area contributed by atoms with Crippen LogP contribution in [0.15, 0.2) is 29.4 Å². The highest BCUT2D eigenvalue weighted by Crippen LogP contribution is 2.18. The minimum absolute atomic E-state index is 0.0824. The van der Waals surface area contributed by atoms with E-state index in [1.54, 1.807) is 0 Å². The van der Waals surface area contributed by atoms with E-state index in [9.17, 15) is 4.79 Å². The third-order valence-electron chi connectivity index (χ3n) is 3.56. The Morgan fingerprint density at radius 2 is 1.95 bits per heavy atom. The van der Waals surface area contributed by atoms with E-state index in [1.807, 2.05) is 24.3 Å². The maximum atomic E-state index is 11.8. The summed E-state index contributed by atoms with van der Waals surface area (Å²) in [5.74, 6) is 0.495. The number of benzene rings is 1. The molecule has 0 unspecified atom stereocenters. The summed E-state index contributed by atoms with van der Waals surface area (Å²) in [5, 5.41) is 3.78. The average Bonchev–Trinajstić information content (AvgIpc) is 2.95. The van der Waals surface area contributed by atoms with Gasteiger partial charge in [-0.3, -0.25) is 4.79 Å². The van der Waals surface area contributed by atoms with Crippen LogP contribution in [0.25, 0.3) is 11.0 Å². The van der Waals surface area contributed by atoms with E-state index in [0.717, 1.165) is 29.2 Å². The molecule has 0 aliphatic carbocycles. The number of aromatic amines is 1. The molecule has 4 nitrogen and oxygen atoms in total. The first-order valence-corrected chi connectivity index (χ1v) is 9.12. The fourth-order valence-corrected chi connectivity index (χ4v) is 3.03. The number of rotatable bonds is 10. The number of fused-ring (bicyclic) bond motifs is 1. The summed E-state index contributed by atoms with van der Waals surface area (Å²) in [5.41, 5.74) is 1.95. The molecule has 1 amide bonds. The molecule has 22 heavy (non-hydrogen) atoms. The van der Waals surface area contributed by atoms with E-state index in [1.165, 1.54) is 43.9 Å². The maximum Gasteiger partial charge on any atom is 0.230 e. The molecule has 2 N–H and O–H groups in total. The normalized spacial score (nSPS) is 11.0. The van der Waals surface area contributed by atoms with Crippen molar-refractivity contribution < 1.29 is 4.79 Å². The molecular weight excluding hydrogens is 294 g/mol. The van der Waals surface area contributed by atoms with Crippen LogP contribution < -0.4 is 5.32 Å². The molecule has 0 aliphatic rings. The summed E-state index contributed by atoms with van der Waals surface area (Å²) in [6, 6.07) is 7.90. The molecule has 0 saturated heterocycles. The van der Waals surface area contributed by atoms with E-state index in [2.05, 4.69) is 22.2 Å². The largest absolute Gasteiger partial charge is 0.355 e. The summed E-state index contributed by atoms with van der Waals surface area (Å²) < 4.78 is 0. The van der Waals surface area contributed by atoms with Gasteiger partial charge in [-0.05, 0) is 18.6 Å². The Kier molecular flexibility index (Phi) is 7.30. The van der Waals surface area contributed by atoms with Crippen molar-refractivity contribution in [2.75, 3.05) is 12.3 Å². The number of imidazole rings is 1. The third kappa shape index (κ3) is 5.72. The first kappa shape index (κ1) is 16.9. The first-order valence-electron chi connectivity index (χ1n) is 8.14. The highest BCUT2D eigenvalue weighted by molar-refractivity contribution is 7.99. The average molecular weight is 319 g/mol. The van der Waals surface area contributed by atoms with Crippen LogP contribution in [0.2, 0.25) is 0 Å². The molecule has 0 atom stereocenters. The third-order valence-corrected chi connectivity index (χ3v) is 4.43. The van der Waals surface area contributed by atoms with Crippen molar-refractivity contribution >= 4 is 28.7 Å².